The first kappa shape index (κ1) is 22.8. The van der Waals surface area contributed by atoms with Crippen LogP contribution < -0.4 is 15.4 Å². The van der Waals surface area contributed by atoms with Crippen LogP contribution in [0.1, 0.15) is 54.7 Å². The minimum absolute atomic E-state index is 0. The summed E-state index contributed by atoms with van der Waals surface area (Å²) in [7, 11) is 1.76. The number of Topliss-reactive ketones (excluding diaryl/α,β-unsaturated/α-hetero) is 1. The van der Waals surface area contributed by atoms with E-state index >= 15 is 0 Å². The Balaban J connectivity index is 0.00000300. The summed E-state index contributed by atoms with van der Waals surface area (Å²) in [5.74, 6) is 1.91. The first-order chi connectivity index (χ1) is 13.6. The highest BCUT2D eigenvalue weighted by Crippen LogP contribution is 2.23. The Kier molecular flexibility index (Phi) is 8.60. The molecule has 3 rings (SSSR count). The van der Waals surface area contributed by atoms with Crippen molar-refractivity contribution in [3.8, 4) is 5.75 Å². The van der Waals surface area contributed by atoms with Gasteiger partial charge in [-0.25, -0.2) is 4.68 Å². The molecule has 1 fully saturated rings. The summed E-state index contributed by atoms with van der Waals surface area (Å²) < 4.78 is 6.95. The molecular weight excluding hydrogens is 394 g/mol. The van der Waals surface area contributed by atoms with E-state index in [9.17, 15) is 9.59 Å². The summed E-state index contributed by atoms with van der Waals surface area (Å²) in [6.07, 6.45) is 2.22. The number of benzene rings is 1. The highest BCUT2D eigenvalue weighted by molar-refractivity contribution is 5.99. The second-order valence-electron chi connectivity index (χ2n) is 6.87. The molecule has 0 aliphatic carbocycles. The fraction of sp³-hybridized carbons (Fsp3) is 0.500. The molecule has 2 aromatic rings. The maximum atomic E-state index is 12.3. The van der Waals surface area contributed by atoms with Gasteiger partial charge in [0, 0.05) is 31.4 Å². The number of ketones is 1. The lowest BCUT2D eigenvalue weighted by molar-refractivity contribution is -0.116. The van der Waals surface area contributed by atoms with Gasteiger partial charge in [0.2, 0.25) is 11.9 Å². The molecule has 0 saturated carbocycles. The van der Waals surface area contributed by atoms with Gasteiger partial charge in [-0.05, 0) is 57.1 Å². The minimum atomic E-state index is -0.244. The summed E-state index contributed by atoms with van der Waals surface area (Å²) in [6.45, 7) is 4.40. The smallest absolute Gasteiger partial charge is 0.227 e. The predicted octanol–water partition coefficient (Wildman–Crippen LogP) is 2.70. The van der Waals surface area contributed by atoms with E-state index in [0.717, 1.165) is 37.5 Å². The number of carbonyl (C=O) groups excluding carboxylic acids is 2. The third kappa shape index (κ3) is 6.27. The van der Waals surface area contributed by atoms with Crippen molar-refractivity contribution in [3.63, 3.8) is 0 Å². The molecule has 2 N–H and O–H groups in total. The molecule has 1 aliphatic heterocycles. The summed E-state index contributed by atoms with van der Waals surface area (Å²) in [6, 6.07) is 6.97. The molecule has 1 aromatic carbocycles. The average Bonchev–Trinajstić information content (AvgIpc) is 3.08. The van der Waals surface area contributed by atoms with Crippen molar-refractivity contribution >= 4 is 30.0 Å². The summed E-state index contributed by atoms with van der Waals surface area (Å²) in [5, 5.41) is 10.5. The van der Waals surface area contributed by atoms with Gasteiger partial charge in [0.25, 0.3) is 0 Å². The highest BCUT2D eigenvalue weighted by Gasteiger charge is 2.21. The number of hydrogen-bond acceptors (Lipinski definition) is 6. The van der Waals surface area contributed by atoms with Crippen LogP contribution in [-0.2, 0) is 11.8 Å². The van der Waals surface area contributed by atoms with Crippen molar-refractivity contribution in [2.45, 2.75) is 38.5 Å². The number of nitrogens with one attached hydrogen (secondary N) is 2. The number of aryl methyl sites for hydroxylation is 1. The molecule has 1 amide bonds. The zero-order valence-electron chi connectivity index (χ0n) is 16.8. The van der Waals surface area contributed by atoms with Crippen LogP contribution in [0.5, 0.6) is 5.75 Å². The summed E-state index contributed by atoms with van der Waals surface area (Å²) in [5.41, 5.74) is 0.572. The van der Waals surface area contributed by atoms with Crippen LogP contribution in [0.25, 0.3) is 0 Å². The molecule has 0 bridgehead atoms. The molecule has 0 unspecified atom stereocenters. The standard InChI is InChI=1S/C20H27N5O3.ClH/c1-3-28-16-6-4-14(5-7-16)17(26)8-9-18(27)22-20-23-19(24-25(20)2)15-10-12-21-13-11-15;/h4-7,15,21H,3,8-13H2,1-2H3,(H,22,23,24,27);1H. The Labute approximate surface area is 176 Å². The van der Waals surface area contributed by atoms with E-state index in [0.29, 0.717) is 24.0 Å². The van der Waals surface area contributed by atoms with E-state index < -0.39 is 0 Å². The second-order valence-corrected chi connectivity index (χ2v) is 6.87. The maximum absolute atomic E-state index is 12.3. The largest absolute Gasteiger partial charge is 0.494 e. The molecule has 1 aromatic heterocycles. The Morgan fingerprint density at radius 2 is 1.90 bits per heavy atom. The Bertz CT molecular complexity index is 816. The number of carbonyl (C=O) groups is 2. The van der Waals surface area contributed by atoms with Crippen LogP contribution >= 0.6 is 12.4 Å². The quantitative estimate of drug-likeness (QED) is 0.636. The van der Waals surface area contributed by atoms with E-state index in [1.165, 1.54) is 0 Å². The SMILES string of the molecule is CCOc1ccc(C(=O)CCC(=O)Nc2nc(C3CCNCC3)nn2C)cc1.Cl. The molecule has 0 radical (unpaired) electrons. The van der Waals surface area contributed by atoms with Crippen molar-refractivity contribution in [2.24, 2.45) is 7.05 Å². The van der Waals surface area contributed by atoms with Crippen LogP contribution in [0.4, 0.5) is 5.95 Å². The summed E-state index contributed by atoms with van der Waals surface area (Å²) >= 11 is 0. The van der Waals surface area contributed by atoms with E-state index in [-0.39, 0.29) is 36.9 Å². The zero-order valence-corrected chi connectivity index (χ0v) is 17.6. The van der Waals surface area contributed by atoms with Gasteiger partial charge in [0.1, 0.15) is 5.75 Å². The third-order valence-electron chi connectivity index (χ3n) is 4.80. The van der Waals surface area contributed by atoms with Gasteiger partial charge in [-0.15, -0.1) is 12.4 Å². The molecule has 158 valence electrons. The minimum Gasteiger partial charge on any atom is -0.494 e. The summed E-state index contributed by atoms with van der Waals surface area (Å²) in [4.78, 5) is 29.0. The van der Waals surface area contributed by atoms with Crippen molar-refractivity contribution in [1.82, 2.24) is 20.1 Å². The Morgan fingerprint density at radius 1 is 1.21 bits per heavy atom. The number of nitrogens with zero attached hydrogens (tertiary/aromatic N) is 3. The molecule has 9 heteroatoms. The number of halogens is 1. The molecule has 2 heterocycles. The van der Waals surface area contributed by atoms with Crippen LogP contribution in [-0.4, -0.2) is 46.2 Å². The number of rotatable bonds is 8. The lowest BCUT2D eigenvalue weighted by Crippen LogP contribution is -2.27. The van der Waals surface area contributed by atoms with Gasteiger partial charge in [-0.2, -0.15) is 10.1 Å². The van der Waals surface area contributed by atoms with Gasteiger partial charge < -0.3 is 10.1 Å². The van der Waals surface area contributed by atoms with Gasteiger partial charge >= 0.3 is 0 Å². The van der Waals surface area contributed by atoms with Gasteiger partial charge in [0.15, 0.2) is 11.6 Å². The Morgan fingerprint density at radius 3 is 2.55 bits per heavy atom. The van der Waals surface area contributed by atoms with E-state index in [1.807, 2.05) is 6.92 Å². The number of ether oxygens (including phenoxy) is 1. The first-order valence-electron chi connectivity index (χ1n) is 9.74. The van der Waals surface area contributed by atoms with E-state index in [2.05, 4.69) is 20.7 Å². The molecule has 8 nitrogen and oxygen atoms in total. The van der Waals surface area contributed by atoms with Crippen molar-refractivity contribution in [3.05, 3.63) is 35.7 Å². The third-order valence-corrected chi connectivity index (χ3v) is 4.80. The van der Waals surface area contributed by atoms with Crippen LogP contribution in [0, 0.1) is 0 Å². The number of aromatic nitrogens is 3. The normalized spacial score (nSPS) is 14.1. The monoisotopic (exact) mass is 421 g/mol. The lowest BCUT2D eigenvalue weighted by Gasteiger charge is -2.19. The number of anilines is 1. The van der Waals surface area contributed by atoms with Crippen molar-refractivity contribution in [1.29, 1.82) is 0 Å². The maximum Gasteiger partial charge on any atom is 0.227 e. The topological polar surface area (TPSA) is 98.1 Å². The number of hydrogen-bond donors (Lipinski definition) is 2. The molecule has 1 saturated heterocycles. The predicted molar refractivity (Wildman–Crippen MR) is 113 cm³/mol. The van der Waals surface area contributed by atoms with Crippen molar-refractivity contribution in [2.75, 3.05) is 25.0 Å². The zero-order chi connectivity index (χ0) is 19.9. The van der Waals surface area contributed by atoms with Gasteiger partial charge in [-0.3, -0.25) is 14.9 Å². The molecule has 29 heavy (non-hydrogen) atoms. The Hall–Kier alpha value is -2.45. The number of amides is 1. The van der Waals surface area contributed by atoms with Gasteiger partial charge in [0.05, 0.1) is 6.61 Å². The average molecular weight is 422 g/mol. The lowest BCUT2D eigenvalue weighted by atomic mass is 9.98. The van der Waals surface area contributed by atoms with E-state index in [4.69, 9.17) is 4.74 Å². The highest BCUT2D eigenvalue weighted by atomic mass is 35.5. The fourth-order valence-corrected chi connectivity index (χ4v) is 3.23. The second kappa shape index (κ2) is 10.9. The number of piperidine rings is 1. The van der Waals surface area contributed by atoms with Crippen LogP contribution in [0.3, 0.4) is 0 Å². The molecular formula is C20H28ClN5O3. The van der Waals surface area contributed by atoms with Crippen LogP contribution in [0.15, 0.2) is 24.3 Å². The van der Waals surface area contributed by atoms with E-state index in [1.54, 1.807) is 36.0 Å². The molecule has 1 aliphatic rings. The van der Waals surface area contributed by atoms with Gasteiger partial charge in [-0.1, -0.05) is 0 Å². The molecule has 0 spiro atoms. The fourth-order valence-electron chi connectivity index (χ4n) is 3.23. The van der Waals surface area contributed by atoms with Crippen LogP contribution in [0.2, 0.25) is 0 Å². The molecule has 0 atom stereocenters. The first-order valence-corrected chi connectivity index (χ1v) is 9.74. The van der Waals surface area contributed by atoms with Crippen molar-refractivity contribution < 1.29 is 14.3 Å².